The number of carbonyl (C=O) groups excluding carboxylic acids is 2. The number of Topliss-reactive ketones (excluding diaryl/α,β-unsaturated/α-hetero) is 1. The van der Waals surface area contributed by atoms with Gasteiger partial charge in [0, 0.05) is 33.4 Å². The maximum absolute atomic E-state index is 12.4. The lowest BCUT2D eigenvalue weighted by Crippen LogP contribution is -2.36. The molecule has 0 aliphatic carbocycles. The highest BCUT2D eigenvalue weighted by Crippen LogP contribution is 2.36. The van der Waals surface area contributed by atoms with Gasteiger partial charge in [-0.25, -0.2) is 4.79 Å². The quantitative estimate of drug-likeness (QED) is 0.552. The van der Waals surface area contributed by atoms with Crippen LogP contribution in [0.4, 0.5) is 0 Å². The molecule has 0 saturated heterocycles. The molecule has 136 valence electrons. The van der Waals surface area contributed by atoms with Gasteiger partial charge in [-0.15, -0.1) is 11.3 Å². The third-order valence-electron chi connectivity index (χ3n) is 4.20. The van der Waals surface area contributed by atoms with Crippen molar-refractivity contribution in [1.82, 2.24) is 0 Å². The Balaban J connectivity index is 1.70. The Morgan fingerprint density at radius 2 is 2.27 bits per heavy atom. The summed E-state index contributed by atoms with van der Waals surface area (Å²) < 4.78 is 11.6. The smallest absolute Gasteiger partial charge is 0.526 e. The Labute approximate surface area is 164 Å². The highest BCUT2D eigenvalue weighted by molar-refractivity contribution is 9.10. The van der Waals surface area contributed by atoms with Crippen molar-refractivity contribution in [3.8, 4) is 5.75 Å². The lowest BCUT2D eigenvalue weighted by molar-refractivity contribution is -0.118. The van der Waals surface area contributed by atoms with Crippen LogP contribution in [0.3, 0.4) is 0 Å². The molecular formula is C18H18BBrO5S. The van der Waals surface area contributed by atoms with E-state index in [1.165, 1.54) is 11.3 Å². The van der Waals surface area contributed by atoms with E-state index < -0.39 is 13.1 Å². The first-order valence-corrected chi connectivity index (χ1v) is 10.0. The van der Waals surface area contributed by atoms with Crippen LogP contribution in [-0.2, 0) is 22.4 Å². The Morgan fingerprint density at radius 1 is 1.46 bits per heavy atom. The number of carbonyl (C=O) groups is 2. The summed E-state index contributed by atoms with van der Waals surface area (Å²) in [6.45, 7) is 2.00. The summed E-state index contributed by atoms with van der Waals surface area (Å²) in [7, 11) is -1.13. The second kappa shape index (κ2) is 8.37. The number of halogens is 1. The minimum absolute atomic E-state index is 0.0528. The molecular weight excluding hydrogens is 419 g/mol. The molecule has 0 saturated carbocycles. The van der Waals surface area contributed by atoms with Crippen molar-refractivity contribution in [2.24, 2.45) is 0 Å². The topological polar surface area (TPSA) is 72.8 Å². The van der Waals surface area contributed by atoms with Crippen LogP contribution < -0.4 is 4.65 Å². The molecule has 1 aliphatic rings. The molecule has 0 bridgehead atoms. The molecule has 1 aromatic carbocycles. The molecule has 0 fully saturated rings. The average Bonchev–Trinajstić information content (AvgIpc) is 3.00. The maximum Gasteiger partial charge on any atom is 0.526 e. The fraction of sp³-hybridized carbons (Fsp3) is 0.333. The van der Waals surface area contributed by atoms with Crippen molar-refractivity contribution in [2.75, 3.05) is 6.61 Å². The molecule has 2 aromatic rings. The Bertz CT molecular complexity index is 822. The average molecular weight is 437 g/mol. The predicted molar refractivity (Wildman–Crippen MR) is 104 cm³/mol. The number of hydrogen-bond acceptors (Lipinski definition) is 6. The monoisotopic (exact) mass is 436 g/mol. The van der Waals surface area contributed by atoms with Gasteiger partial charge in [-0.1, -0.05) is 12.1 Å². The number of hydrogen-bond donors (Lipinski definition) is 1. The molecule has 0 amide bonds. The van der Waals surface area contributed by atoms with Crippen LogP contribution in [0, 0.1) is 0 Å². The minimum Gasteiger partial charge on any atom is -0.535 e. The van der Waals surface area contributed by atoms with Gasteiger partial charge in [0.05, 0.1) is 6.61 Å². The Morgan fingerprint density at radius 3 is 2.96 bits per heavy atom. The number of fused-ring (bicyclic) bond motifs is 1. The summed E-state index contributed by atoms with van der Waals surface area (Å²) in [6, 6.07) is 7.15. The third-order valence-corrected chi connectivity index (χ3v) is 5.90. The number of esters is 1. The summed E-state index contributed by atoms with van der Waals surface area (Å²) in [5, 5.41) is 12.3. The summed E-state index contributed by atoms with van der Waals surface area (Å²) in [4.78, 5) is 25.4. The van der Waals surface area contributed by atoms with Gasteiger partial charge in [-0.3, -0.25) is 4.79 Å². The van der Waals surface area contributed by atoms with Crippen molar-refractivity contribution in [2.45, 2.75) is 32.0 Å². The van der Waals surface area contributed by atoms with Gasteiger partial charge in [0.2, 0.25) is 0 Å². The van der Waals surface area contributed by atoms with Crippen LogP contribution >= 0.6 is 27.3 Å². The van der Waals surface area contributed by atoms with Crippen molar-refractivity contribution in [1.29, 1.82) is 0 Å². The first kappa shape index (κ1) is 19.1. The summed E-state index contributed by atoms with van der Waals surface area (Å²) in [6.07, 6.45) is 1.04. The van der Waals surface area contributed by atoms with Crippen molar-refractivity contribution >= 4 is 46.1 Å². The fourth-order valence-corrected chi connectivity index (χ4v) is 4.51. The van der Waals surface area contributed by atoms with E-state index in [2.05, 4.69) is 15.9 Å². The molecule has 2 heterocycles. The SMILES string of the molecule is CCOC(=O)c1cccc2c1OB(O)[C@@H](CC(=O)Cc1cc(Br)cs1)C2. The second-order valence-electron chi connectivity index (χ2n) is 6.14. The van der Waals surface area contributed by atoms with Crippen LogP contribution in [0.1, 0.15) is 34.1 Å². The molecule has 26 heavy (non-hydrogen) atoms. The number of ether oxygens (including phenoxy) is 1. The highest BCUT2D eigenvalue weighted by Gasteiger charge is 2.37. The standard InChI is InChI=1S/C18H18BBrO5S/c1-2-24-18(22)16-5-3-4-11-6-12(19(23)25-17(11)16)7-14(21)9-15-8-13(20)10-26-15/h3-5,8,10,12,23H,2,6-7,9H2,1H3/t12-/m1/s1. The van der Waals surface area contributed by atoms with E-state index in [-0.39, 0.29) is 24.6 Å². The van der Waals surface area contributed by atoms with Gasteiger partial charge < -0.3 is 14.4 Å². The molecule has 1 atom stereocenters. The van der Waals surface area contributed by atoms with E-state index in [1.54, 1.807) is 19.1 Å². The van der Waals surface area contributed by atoms with Gasteiger partial charge in [-0.2, -0.15) is 0 Å². The Kier molecular flexibility index (Phi) is 6.16. The molecule has 5 nitrogen and oxygen atoms in total. The second-order valence-corrected chi connectivity index (χ2v) is 8.05. The van der Waals surface area contributed by atoms with E-state index in [4.69, 9.17) is 9.39 Å². The lowest BCUT2D eigenvalue weighted by atomic mass is 9.64. The zero-order chi connectivity index (χ0) is 18.7. The number of benzene rings is 1. The minimum atomic E-state index is -1.13. The van der Waals surface area contributed by atoms with Gasteiger partial charge in [-0.05, 0) is 47.0 Å². The van der Waals surface area contributed by atoms with E-state index in [9.17, 15) is 14.6 Å². The zero-order valence-corrected chi connectivity index (χ0v) is 16.6. The van der Waals surface area contributed by atoms with Gasteiger partial charge >= 0.3 is 13.1 Å². The number of rotatable bonds is 6. The molecule has 0 unspecified atom stereocenters. The first-order chi connectivity index (χ1) is 12.5. The van der Waals surface area contributed by atoms with Gasteiger partial charge in [0.1, 0.15) is 17.1 Å². The molecule has 0 radical (unpaired) electrons. The van der Waals surface area contributed by atoms with Gasteiger partial charge in [0.25, 0.3) is 0 Å². The van der Waals surface area contributed by atoms with Crippen molar-refractivity contribution in [3.05, 3.63) is 50.1 Å². The molecule has 1 aliphatic heterocycles. The fourth-order valence-electron chi connectivity index (χ4n) is 3.03. The van der Waals surface area contributed by atoms with E-state index >= 15 is 0 Å². The summed E-state index contributed by atoms with van der Waals surface area (Å²) >= 11 is 4.91. The van der Waals surface area contributed by atoms with Crippen LogP contribution in [0.25, 0.3) is 0 Å². The molecule has 3 rings (SSSR count). The van der Waals surface area contributed by atoms with Crippen molar-refractivity contribution < 1.29 is 24.0 Å². The van der Waals surface area contributed by atoms with Gasteiger partial charge in [0.15, 0.2) is 0 Å². The van der Waals surface area contributed by atoms with E-state index in [0.717, 1.165) is 14.9 Å². The highest BCUT2D eigenvalue weighted by atomic mass is 79.9. The van der Waals surface area contributed by atoms with Crippen molar-refractivity contribution in [3.63, 3.8) is 0 Å². The van der Waals surface area contributed by atoms with Crippen LogP contribution in [0.5, 0.6) is 5.75 Å². The molecule has 1 aromatic heterocycles. The maximum atomic E-state index is 12.4. The molecule has 0 spiro atoms. The normalized spacial score (nSPS) is 16.0. The lowest BCUT2D eigenvalue weighted by Gasteiger charge is -2.28. The Hall–Kier alpha value is -1.64. The number of ketones is 1. The molecule has 1 N–H and O–H groups in total. The van der Waals surface area contributed by atoms with Crippen LogP contribution in [0.15, 0.2) is 34.1 Å². The predicted octanol–water partition coefficient (Wildman–Crippen LogP) is 3.67. The van der Waals surface area contributed by atoms with E-state index in [1.807, 2.05) is 17.5 Å². The summed E-state index contributed by atoms with van der Waals surface area (Å²) in [5.74, 6) is -0.411. The first-order valence-electron chi connectivity index (χ1n) is 8.36. The zero-order valence-electron chi connectivity index (χ0n) is 14.2. The summed E-state index contributed by atoms with van der Waals surface area (Å²) in [5.41, 5.74) is 1.11. The third kappa shape index (κ3) is 4.36. The van der Waals surface area contributed by atoms with Crippen LogP contribution in [0.2, 0.25) is 5.82 Å². The van der Waals surface area contributed by atoms with Crippen LogP contribution in [-0.4, -0.2) is 30.5 Å². The number of thiophene rings is 1. The molecule has 8 heteroatoms. The number of para-hydroxylation sites is 1. The largest absolute Gasteiger partial charge is 0.535 e. The van der Waals surface area contributed by atoms with E-state index in [0.29, 0.717) is 24.2 Å².